The van der Waals surface area contributed by atoms with Crippen LogP contribution in [0.15, 0.2) is 70.6 Å². The van der Waals surface area contributed by atoms with Gasteiger partial charge in [-0.25, -0.2) is 13.8 Å². The van der Waals surface area contributed by atoms with E-state index in [-0.39, 0.29) is 5.91 Å². The fraction of sp³-hybridized carbons (Fsp3) is 0.120. The Kier molecular flexibility index (Phi) is 6.83. The minimum Gasteiger partial charge on any atom is -0.493 e. The van der Waals surface area contributed by atoms with Crippen molar-refractivity contribution in [2.75, 3.05) is 26.2 Å². The lowest BCUT2D eigenvalue weighted by atomic mass is 10.1. The van der Waals surface area contributed by atoms with Gasteiger partial charge in [-0.15, -0.1) is 0 Å². The third-order valence-electron chi connectivity index (χ3n) is 4.96. The second kappa shape index (κ2) is 9.96. The van der Waals surface area contributed by atoms with E-state index in [4.69, 9.17) is 14.2 Å². The van der Waals surface area contributed by atoms with Gasteiger partial charge in [0.1, 0.15) is 11.6 Å². The first-order chi connectivity index (χ1) is 16.4. The maximum Gasteiger partial charge on any atom is 0.271 e. The third kappa shape index (κ3) is 4.60. The monoisotopic (exact) mass is 482 g/mol. The molecule has 9 heteroatoms. The van der Waals surface area contributed by atoms with Gasteiger partial charge in [0, 0.05) is 5.56 Å². The Morgan fingerprint density at radius 1 is 0.824 bits per heavy atom. The second-order valence-corrected chi connectivity index (χ2v) is 8.03. The molecule has 6 nitrogen and oxygen atoms in total. The van der Waals surface area contributed by atoms with Crippen LogP contribution in [0.1, 0.15) is 5.56 Å². The van der Waals surface area contributed by atoms with Crippen LogP contribution >= 0.6 is 11.8 Å². The number of aliphatic imine (C=N–C) groups is 1. The van der Waals surface area contributed by atoms with Crippen molar-refractivity contribution in [2.24, 2.45) is 4.99 Å². The molecule has 0 N–H and O–H groups in total. The smallest absolute Gasteiger partial charge is 0.271 e. The predicted octanol–water partition coefficient (Wildman–Crippen LogP) is 5.80. The summed E-state index contributed by atoms with van der Waals surface area (Å²) in [6.07, 6.45) is 1.66. The third-order valence-corrected chi connectivity index (χ3v) is 5.93. The standard InChI is InChI=1S/C25H20F2N2O4S/c1-31-20-13-4-15(22(32-2)23(20)33-3)14-21-24(30)29(19-11-7-17(27)8-12-19)25(34-21)28-18-9-5-16(26)6-10-18/h4-14H,1-3H3. The zero-order valence-corrected chi connectivity index (χ0v) is 19.4. The van der Waals surface area contributed by atoms with Crippen molar-refractivity contribution in [3.05, 3.63) is 82.8 Å². The Morgan fingerprint density at radius 3 is 2.03 bits per heavy atom. The summed E-state index contributed by atoms with van der Waals surface area (Å²) in [6, 6.07) is 14.6. The molecule has 3 aromatic carbocycles. The maximum absolute atomic E-state index is 13.5. The SMILES string of the molecule is COc1ccc(C=C2SC(=Nc3ccc(F)cc3)N(c3ccc(F)cc3)C2=O)c(OC)c1OC. The van der Waals surface area contributed by atoms with Crippen molar-refractivity contribution in [3.8, 4) is 17.2 Å². The average Bonchev–Trinajstić information content (AvgIpc) is 3.14. The second-order valence-electron chi connectivity index (χ2n) is 7.02. The molecule has 1 amide bonds. The van der Waals surface area contributed by atoms with E-state index in [1.165, 1.54) is 74.8 Å². The molecule has 4 rings (SSSR count). The van der Waals surface area contributed by atoms with Gasteiger partial charge in [0.05, 0.1) is 37.6 Å². The van der Waals surface area contributed by atoms with E-state index in [1.54, 1.807) is 18.2 Å². The molecule has 1 saturated heterocycles. The number of ether oxygens (including phenoxy) is 3. The van der Waals surface area contributed by atoms with Crippen LogP contribution in [0.5, 0.6) is 17.2 Å². The molecule has 1 heterocycles. The van der Waals surface area contributed by atoms with Crippen LogP contribution < -0.4 is 19.1 Å². The summed E-state index contributed by atoms with van der Waals surface area (Å²) in [7, 11) is 4.51. The molecule has 174 valence electrons. The van der Waals surface area contributed by atoms with E-state index < -0.39 is 11.6 Å². The summed E-state index contributed by atoms with van der Waals surface area (Å²) >= 11 is 1.13. The summed E-state index contributed by atoms with van der Waals surface area (Å²) < 4.78 is 43.1. The number of benzene rings is 3. The average molecular weight is 483 g/mol. The van der Waals surface area contributed by atoms with E-state index in [9.17, 15) is 13.6 Å². The fourth-order valence-electron chi connectivity index (χ4n) is 3.37. The molecule has 0 atom stereocenters. The number of hydrogen-bond donors (Lipinski definition) is 0. The molecule has 1 aliphatic heterocycles. The van der Waals surface area contributed by atoms with Crippen LogP contribution in [0, 0.1) is 11.6 Å². The highest BCUT2D eigenvalue weighted by molar-refractivity contribution is 8.19. The molecule has 0 spiro atoms. The van der Waals surface area contributed by atoms with Gasteiger partial charge in [0.15, 0.2) is 16.7 Å². The molecular weight excluding hydrogens is 462 g/mol. The number of anilines is 1. The predicted molar refractivity (Wildman–Crippen MR) is 129 cm³/mol. The number of carbonyl (C=O) groups excluding carboxylic acids is 1. The normalized spacial score (nSPS) is 15.8. The molecule has 0 radical (unpaired) electrons. The summed E-state index contributed by atoms with van der Waals surface area (Å²) in [5.74, 6) is 0.111. The van der Waals surface area contributed by atoms with Crippen molar-refractivity contribution in [1.29, 1.82) is 0 Å². The Balaban J connectivity index is 1.81. The van der Waals surface area contributed by atoms with E-state index >= 15 is 0 Å². The minimum absolute atomic E-state index is 0.342. The molecule has 0 saturated carbocycles. The fourth-order valence-corrected chi connectivity index (χ4v) is 4.36. The van der Waals surface area contributed by atoms with Crippen LogP contribution in [0.25, 0.3) is 6.08 Å². The molecule has 3 aromatic rings. The van der Waals surface area contributed by atoms with Crippen molar-refractivity contribution in [3.63, 3.8) is 0 Å². The molecule has 1 fully saturated rings. The first-order valence-electron chi connectivity index (χ1n) is 10.1. The van der Waals surface area contributed by atoms with Crippen LogP contribution in [0.3, 0.4) is 0 Å². The highest BCUT2D eigenvalue weighted by Gasteiger charge is 2.35. The van der Waals surface area contributed by atoms with E-state index in [1.807, 2.05) is 0 Å². The van der Waals surface area contributed by atoms with Gasteiger partial charge in [0.25, 0.3) is 5.91 Å². The number of halogens is 2. The number of rotatable bonds is 6. The highest BCUT2D eigenvalue weighted by Crippen LogP contribution is 2.43. The van der Waals surface area contributed by atoms with Gasteiger partial charge >= 0.3 is 0 Å². The molecule has 34 heavy (non-hydrogen) atoms. The number of hydrogen-bond acceptors (Lipinski definition) is 6. The lowest BCUT2D eigenvalue weighted by Gasteiger charge is -2.16. The van der Waals surface area contributed by atoms with Gasteiger partial charge in [0.2, 0.25) is 5.75 Å². The Bertz CT molecular complexity index is 1280. The molecule has 0 aromatic heterocycles. The van der Waals surface area contributed by atoms with Crippen molar-refractivity contribution in [2.45, 2.75) is 0 Å². The molecule has 0 aliphatic carbocycles. The zero-order valence-electron chi connectivity index (χ0n) is 18.5. The Hall–Kier alpha value is -3.85. The zero-order chi connectivity index (χ0) is 24.2. The first-order valence-corrected chi connectivity index (χ1v) is 10.9. The quantitative estimate of drug-likeness (QED) is 0.416. The van der Waals surface area contributed by atoms with E-state index in [0.29, 0.717) is 44.3 Å². The molecule has 1 aliphatic rings. The molecule has 0 bridgehead atoms. The van der Waals surface area contributed by atoms with Crippen molar-refractivity contribution < 1.29 is 27.8 Å². The highest BCUT2D eigenvalue weighted by atomic mass is 32.2. The summed E-state index contributed by atoms with van der Waals surface area (Å²) in [4.78, 5) is 19.7. The van der Waals surface area contributed by atoms with Gasteiger partial charge < -0.3 is 14.2 Å². The number of carbonyl (C=O) groups is 1. The first kappa shape index (κ1) is 23.3. The van der Waals surface area contributed by atoms with Crippen LogP contribution in [0.4, 0.5) is 20.2 Å². The van der Waals surface area contributed by atoms with Crippen LogP contribution in [-0.4, -0.2) is 32.4 Å². The number of methoxy groups -OCH3 is 3. The largest absolute Gasteiger partial charge is 0.493 e. The van der Waals surface area contributed by atoms with Crippen LogP contribution in [0.2, 0.25) is 0 Å². The molecule has 0 unspecified atom stereocenters. The van der Waals surface area contributed by atoms with Crippen molar-refractivity contribution in [1.82, 2.24) is 0 Å². The number of amidine groups is 1. The van der Waals surface area contributed by atoms with Gasteiger partial charge in [-0.05, 0) is 78.5 Å². The lowest BCUT2D eigenvalue weighted by Crippen LogP contribution is -2.28. The summed E-state index contributed by atoms with van der Waals surface area (Å²) in [5.41, 5.74) is 1.51. The maximum atomic E-state index is 13.5. The van der Waals surface area contributed by atoms with Gasteiger partial charge in [-0.3, -0.25) is 9.69 Å². The van der Waals surface area contributed by atoms with E-state index in [2.05, 4.69) is 4.99 Å². The summed E-state index contributed by atoms with van der Waals surface area (Å²) in [5, 5.41) is 0.342. The summed E-state index contributed by atoms with van der Waals surface area (Å²) in [6.45, 7) is 0. The van der Waals surface area contributed by atoms with E-state index in [0.717, 1.165) is 11.8 Å². The Labute approximate surface area is 199 Å². The number of thioether (sulfide) groups is 1. The lowest BCUT2D eigenvalue weighted by molar-refractivity contribution is -0.113. The number of amides is 1. The topological polar surface area (TPSA) is 60.4 Å². The van der Waals surface area contributed by atoms with Gasteiger partial charge in [-0.2, -0.15) is 0 Å². The van der Waals surface area contributed by atoms with Gasteiger partial charge in [-0.1, -0.05) is 0 Å². The number of nitrogens with zero attached hydrogens (tertiary/aromatic N) is 2. The van der Waals surface area contributed by atoms with Crippen LogP contribution in [-0.2, 0) is 4.79 Å². The van der Waals surface area contributed by atoms with Crippen molar-refractivity contribution >= 4 is 40.3 Å². The Morgan fingerprint density at radius 2 is 1.44 bits per heavy atom. The minimum atomic E-state index is -0.425. The molecular formula is C25H20F2N2O4S.